The molecule has 0 radical (unpaired) electrons. The fraction of sp³-hybridized carbons (Fsp3) is 0.929. The van der Waals surface area contributed by atoms with Crippen LogP contribution in [-0.2, 0) is 4.74 Å². The van der Waals surface area contributed by atoms with Gasteiger partial charge in [-0.05, 0) is 44.9 Å². The minimum atomic E-state index is -0.195. The second-order valence-electron chi connectivity index (χ2n) is 5.46. The predicted molar refractivity (Wildman–Crippen MR) is 73.4 cm³/mol. The molecule has 4 heteroatoms. The quantitative estimate of drug-likeness (QED) is 0.823. The van der Waals surface area contributed by atoms with Crippen LogP contribution in [0.25, 0.3) is 0 Å². The molecule has 0 aromatic heterocycles. The largest absolute Gasteiger partial charge is 0.450 e. The predicted octanol–water partition coefficient (Wildman–Crippen LogP) is 2.76. The van der Waals surface area contributed by atoms with E-state index in [0.29, 0.717) is 13.2 Å². The molecular formula is C14H28N2O2. The Balaban J connectivity index is 2.82. The Morgan fingerprint density at radius 3 is 2.44 bits per heavy atom. The van der Waals surface area contributed by atoms with Crippen molar-refractivity contribution in [3.05, 3.63) is 0 Å². The van der Waals surface area contributed by atoms with E-state index < -0.39 is 0 Å². The Morgan fingerprint density at radius 1 is 1.39 bits per heavy atom. The van der Waals surface area contributed by atoms with Crippen molar-refractivity contribution in [3.63, 3.8) is 0 Å². The molecule has 0 aromatic carbocycles. The van der Waals surface area contributed by atoms with Gasteiger partial charge in [-0.1, -0.05) is 13.8 Å². The molecule has 1 aliphatic rings. The number of nitrogens with zero attached hydrogens (tertiary/aromatic N) is 1. The van der Waals surface area contributed by atoms with E-state index in [4.69, 9.17) is 10.5 Å². The third-order valence-electron chi connectivity index (χ3n) is 4.09. The highest BCUT2D eigenvalue weighted by Crippen LogP contribution is 2.36. The molecule has 0 aromatic rings. The average Bonchev–Trinajstić information content (AvgIpc) is 2.38. The molecule has 0 atom stereocenters. The van der Waals surface area contributed by atoms with Gasteiger partial charge in [0, 0.05) is 13.1 Å². The Hall–Kier alpha value is -0.770. The van der Waals surface area contributed by atoms with E-state index in [1.165, 1.54) is 0 Å². The highest BCUT2D eigenvalue weighted by molar-refractivity contribution is 5.68. The van der Waals surface area contributed by atoms with Crippen molar-refractivity contribution in [2.24, 2.45) is 11.7 Å². The third kappa shape index (κ3) is 3.37. The Bertz CT molecular complexity index is 261. The Morgan fingerprint density at radius 2 is 2.00 bits per heavy atom. The minimum Gasteiger partial charge on any atom is -0.450 e. The fourth-order valence-electron chi connectivity index (χ4n) is 2.83. The molecule has 1 rings (SSSR count). The number of nitrogens with two attached hydrogens (primary N) is 1. The third-order valence-corrected chi connectivity index (χ3v) is 4.09. The zero-order valence-corrected chi connectivity index (χ0v) is 12.1. The second-order valence-corrected chi connectivity index (χ2v) is 5.46. The zero-order chi connectivity index (χ0) is 13.6. The first-order valence-electron chi connectivity index (χ1n) is 7.24. The molecule has 4 nitrogen and oxygen atoms in total. The van der Waals surface area contributed by atoms with Crippen molar-refractivity contribution < 1.29 is 9.53 Å². The molecule has 1 amide bonds. The van der Waals surface area contributed by atoms with Crippen LogP contribution < -0.4 is 5.73 Å². The molecule has 1 aliphatic carbocycles. The lowest BCUT2D eigenvalue weighted by Gasteiger charge is -2.46. The maximum absolute atomic E-state index is 12.1. The smallest absolute Gasteiger partial charge is 0.410 e. The molecule has 106 valence electrons. The van der Waals surface area contributed by atoms with Gasteiger partial charge >= 0.3 is 6.09 Å². The molecular weight excluding hydrogens is 228 g/mol. The van der Waals surface area contributed by atoms with Crippen LogP contribution in [0.1, 0.15) is 52.9 Å². The van der Waals surface area contributed by atoms with Crippen molar-refractivity contribution in [3.8, 4) is 0 Å². The van der Waals surface area contributed by atoms with Gasteiger partial charge in [-0.2, -0.15) is 0 Å². The molecule has 1 saturated carbocycles. The van der Waals surface area contributed by atoms with Gasteiger partial charge in [0.05, 0.1) is 12.1 Å². The van der Waals surface area contributed by atoms with E-state index in [1.807, 2.05) is 11.8 Å². The number of amides is 1. The molecule has 0 bridgehead atoms. The molecule has 1 fully saturated rings. The summed E-state index contributed by atoms with van der Waals surface area (Å²) in [4.78, 5) is 14.0. The Kier molecular flexibility index (Phi) is 5.93. The van der Waals surface area contributed by atoms with Crippen LogP contribution >= 0.6 is 0 Å². The van der Waals surface area contributed by atoms with Crippen molar-refractivity contribution in [1.82, 2.24) is 4.90 Å². The van der Waals surface area contributed by atoms with Crippen molar-refractivity contribution in [1.29, 1.82) is 0 Å². The summed E-state index contributed by atoms with van der Waals surface area (Å²) in [7, 11) is 0. The highest BCUT2D eigenvalue weighted by Gasteiger charge is 2.41. The summed E-state index contributed by atoms with van der Waals surface area (Å²) in [6.45, 7) is 7.91. The van der Waals surface area contributed by atoms with Crippen molar-refractivity contribution in [2.45, 2.75) is 58.4 Å². The molecule has 0 heterocycles. The first kappa shape index (κ1) is 15.3. The van der Waals surface area contributed by atoms with Crippen molar-refractivity contribution >= 4 is 6.09 Å². The number of hydrogen-bond acceptors (Lipinski definition) is 3. The molecule has 0 spiro atoms. The van der Waals surface area contributed by atoms with Gasteiger partial charge in [-0.25, -0.2) is 4.79 Å². The molecule has 0 aliphatic heterocycles. The fourth-order valence-corrected chi connectivity index (χ4v) is 2.83. The van der Waals surface area contributed by atoms with Crippen LogP contribution in [0.3, 0.4) is 0 Å². The summed E-state index contributed by atoms with van der Waals surface area (Å²) in [6.07, 6.45) is 5.05. The standard InChI is InChI=1S/C14H28N2O2/c1-4-10-16(13(17)18-5-2)14(11-15)8-6-12(3)7-9-14/h12H,4-11,15H2,1-3H3. The van der Waals surface area contributed by atoms with Gasteiger partial charge in [0.25, 0.3) is 0 Å². The van der Waals surface area contributed by atoms with Gasteiger partial charge in [0.15, 0.2) is 0 Å². The summed E-state index contributed by atoms with van der Waals surface area (Å²) in [5.41, 5.74) is 5.83. The molecule has 0 unspecified atom stereocenters. The van der Waals surface area contributed by atoms with Gasteiger partial charge < -0.3 is 15.4 Å². The van der Waals surface area contributed by atoms with Gasteiger partial charge in [-0.3, -0.25) is 0 Å². The van der Waals surface area contributed by atoms with Gasteiger partial charge in [0.1, 0.15) is 0 Å². The van der Waals surface area contributed by atoms with Crippen LogP contribution in [0.15, 0.2) is 0 Å². The minimum absolute atomic E-state index is 0.172. The van der Waals surface area contributed by atoms with E-state index in [-0.39, 0.29) is 11.6 Å². The molecule has 2 N–H and O–H groups in total. The summed E-state index contributed by atoms with van der Waals surface area (Å²) < 4.78 is 5.19. The maximum atomic E-state index is 12.1. The average molecular weight is 256 g/mol. The zero-order valence-electron chi connectivity index (χ0n) is 12.1. The Labute approximate surface area is 111 Å². The van der Waals surface area contributed by atoms with Crippen LogP contribution in [0.2, 0.25) is 0 Å². The maximum Gasteiger partial charge on any atom is 0.410 e. The number of carbonyl (C=O) groups excluding carboxylic acids is 1. The number of rotatable bonds is 5. The monoisotopic (exact) mass is 256 g/mol. The van der Waals surface area contributed by atoms with E-state index in [2.05, 4.69) is 13.8 Å². The lowest BCUT2D eigenvalue weighted by Crippen LogP contribution is -2.58. The number of hydrogen-bond donors (Lipinski definition) is 1. The summed E-state index contributed by atoms with van der Waals surface area (Å²) in [6, 6.07) is 0. The summed E-state index contributed by atoms with van der Waals surface area (Å²) in [5, 5.41) is 0. The van der Waals surface area contributed by atoms with Gasteiger partial charge in [-0.15, -0.1) is 0 Å². The highest BCUT2D eigenvalue weighted by atomic mass is 16.6. The lowest BCUT2D eigenvalue weighted by atomic mass is 9.76. The summed E-state index contributed by atoms with van der Waals surface area (Å²) >= 11 is 0. The number of carbonyl (C=O) groups is 1. The van der Waals surface area contributed by atoms with Crippen LogP contribution in [-0.4, -0.2) is 36.2 Å². The molecule has 18 heavy (non-hydrogen) atoms. The van der Waals surface area contributed by atoms with E-state index in [1.54, 1.807) is 0 Å². The number of ether oxygens (including phenoxy) is 1. The first-order chi connectivity index (χ1) is 8.59. The van der Waals surface area contributed by atoms with E-state index in [9.17, 15) is 4.79 Å². The van der Waals surface area contributed by atoms with Crippen molar-refractivity contribution in [2.75, 3.05) is 19.7 Å². The first-order valence-corrected chi connectivity index (χ1v) is 7.24. The second kappa shape index (κ2) is 6.98. The van der Waals surface area contributed by atoms with E-state index in [0.717, 1.165) is 44.6 Å². The summed E-state index contributed by atoms with van der Waals surface area (Å²) in [5.74, 6) is 0.746. The topological polar surface area (TPSA) is 55.6 Å². The van der Waals surface area contributed by atoms with Crippen LogP contribution in [0, 0.1) is 5.92 Å². The van der Waals surface area contributed by atoms with E-state index >= 15 is 0 Å². The SMILES string of the molecule is CCCN(C(=O)OCC)C1(CN)CCC(C)CC1. The van der Waals surface area contributed by atoms with Crippen LogP contribution in [0.4, 0.5) is 4.79 Å². The normalized spacial score (nSPS) is 27.9. The van der Waals surface area contributed by atoms with Crippen LogP contribution in [0.5, 0.6) is 0 Å². The van der Waals surface area contributed by atoms with Gasteiger partial charge in [0.2, 0.25) is 0 Å². The lowest BCUT2D eigenvalue weighted by molar-refractivity contribution is 0.0286. The molecule has 0 saturated heterocycles.